The summed E-state index contributed by atoms with van der Waals surface area (Å²) in [5, 5.41) is 1.04. The Morgan fingerprint density at radius 3 is 2.94 bits per heavy atom. The Hall–Kier alpha value is -1.66. The first-order valence-electron chi connectivity index (χ1n) is 5.47. The Morgan fingerprint density at radius 1 is 1.33 bits per heavy atom. The predicted molar refractivity (Wildman–Crippen MR) is 70.1 cm³/mol. The average molecular weight is 266 g/mol. The van der Waals surface area contributed by atoms with E-state index in [1.54, 1.807) is 6.20 Å². The Kier molecular flexibility index (Phi) is 3.78. The van der Waals surface area contributed by atoms with Crippen molar-refractivity contribution < 1.29 is 13.2 Å². The van der Waals surface area contributed by atoms with Crippen molar-refractivity contribution in [2.45, 2.75) is 0 Å². The van der Waals surface area contributed by atoms with Crippen LogP contribution in [0.4, 0.5) is 0 Å². The van der Waals surface area contributed by atoms with Crippen LogP contribution in [0.5, 0.6) is 5.75 Å². The van der Waals surface area contributed by atoms with Crippen molar-refractivity contribution in [2.24, 2.45) is 0 Å². The molecule has 0 unspecified atom stereocenters. The summed E-state index contributed by atoms with van der Waals surface area (Å²) in [5.74, 6) is 0.677. The molecule has 0 atom stereocenters. The number of aromatic nitrogens is 1. The van der Waals surface area contributed by atoms with E-state index in [9.17, 15) is 8.42 Å². The number of pyridine rings is 1. The van der Waals surface area contributed by atoms with Gasteiger partial charge in [-0.05, 0) is 18.2 Å². The van der Waals surface area contributed by atoms with Crippen LogP contribution in [-0.4, -0.2) is 32.8 Å². The van der Waals surface area contributed by atoms with Gasteiger partial charge >= 0.3 is 0 Å². The number of rotatable bonds is 5. The number of sulfonamides is 1. The van der Waals surface area contributed by atoms with Crippen LogP contribution in [0.1, 0.15) is 0 Å². The van der Waals surface area contributed by atoms with Crippen molar-refractivity contribution in [3.8, 4) is 5.75 Å². The fourth-order valence-corrected chi connectivity index (χ4v) is 1.99. The van der Waals surface area contributed by atoms with Crippen LogP contribution < -0.4 is 9.46 Å². The highest BCUT2D eigenvalue weighted by atomic mass is 32.2. The molecular weight excluding hydrogens is 252 g/mol. The molecule has 1 aromatic heterocycles. The summed E-state index contributed by atoms with van der Waals surface area (Å²) in [7, 11) is -3.16. The highest BCUT2D eigenvalue weighted by Crippen LogP contribution is 2.18. The predicted octanol–water partition coefficient (Wildman–Crippen LogP) is 1.16. The van der Waals surface area contributed by atoms with Gasteiger partial charge in [0.05, 0.1) is 11.8 Å². The number of hydrogen-bond acceptors (Lipinski definition) is 4. The second-order valence-electron chi connectivity index (χ2n) is 3.87. The quantitative estimate of drug-likeness (QED) is 0.825. The van der Waals surface area contributed by atoms with E-state index in [1.165, 1.54) is 0 Å². The lowest BCUT2D eigenvalue weighted by molar-refractivity contribution is 0.323. The molecule has 0 aliphatic rings. The number of nitrogens with one attached hydrogen (secondary N) is 1. The third-order valence-electron chi connectivity index (χ3n) is 2.31. The molecule has 18 heavy (non-hydrogen) atoms. The fraction of sp³-hybridized carbons (Fsp3) is 0.250. The number of ether oxygens (including phenoxy) is 1. The Morgan fingerprint density at radius 2 is 2.17 bits per heavy atom. The number of nitrogens with zero attached hydrogens (tertiary/aromatic N) is 1. The zero-order valence-corrected chi connectivity index (χ0v) is 10.8. The second-order valence-corrected chi connectivity index (χ2v) is 5.71. The number of fused-ring (bicyclic) bond motifs is 1. The van der Waals surface area contributed by atoms with Gasteiger partial charge in [-0.15, -0.1) is 0 Å². The van der Waals surface area contributed by atoms with Crippen molar-refractivity contribution in [2.75, 3.05) is 19.4 Å². The molecule has 0 bridgehead atoms. The molecule has 0 aliphatic carbocycles. The Balaban J connectivity index is 1.96. The molecule has 0 saturated carbocycles. The molecule has 0 spiro atoms. The van der Waals surface area contributed by atoms with E-state index in [-0.39, 0.29) is 13.2 Å². The first-order chi connectivity index (χ1) is 8.54. The molecule has 6 heteroatoms. The van der Waals surface area contributed by atoms with E-state index in [0.717, 1.165) is 17.2 Å². The van der Waals surface area contributed by atoms with Gasteiger partial charge in [0.1, 0.15) is 12.4 Å². The van der Waals surface area contributed by atoms with E-state index >= 15 is 0 Å². The van der Waals surface area contributed by atoms with Gasteiger partial charge in [0.2, 0.25) is 10.0 Å². The number of hydrogen-bond donors (Lipinski definition) is 1. The maximum atomic E-state index is 10.8. The third kappa shape index (κ3) is 3.68. The molecule has 1 heterocycles. The summed E-state index contributed by atoms with van der Waals surface area (Å²) in [6.45, 7) is 0.532. The largest absolute Gasteiger partial charge is 0.492 e. The molecule has 1 N–H and O–H groups in total. The van der Waals surface area contributed by atoms with Crippen LogP contribution in [0, 0.1) is 0 Å². The maximum absolute atomic E-state index is 10.8. The van der Waals surface area contributed by atoms with Crippen LogP contribution in [0.25, 0.3) is 10.9 Å². The van der Waals surface area contributed by atoms with Gasteiger partial charge in [0, 0.05) is 24.2 Å². The van der Waals surface area contributed by atoms with Crippen molar-refractivity contribution in [3.05, 3.63) is 36.5 Å². The Labute approximate surface area is 106 Å². The minimum absolute atomic E-state index is 0.249. The molecule has 96 valence electrons. The van der Waals surface area contributed by atoms with E-state index in [0.29, 0.717) is 5.75 Å². The summed E-state index contributed by atoms with van der Waals surface area (Å²) in [6, 6.07) is 9.43. The molecule has 2 aromatic rings. The topological polar surface area (TPSA) is 68.3 Å². The summed E-state index contributed by atoms with van der Waals surface area (Å²) >= 11 is 0. The minimum Gasteiger partial charge on any atom is -0.492 e. The average Bonchev–Trinajstić information content (AvgIpc) is 2.33. The molecule has 0 saturated heterocycles. The van der Waals surface area contributed by atoms with Gasteiger partial charge in [0.25, 0.3) is 0 Å². The smallest absolute Gasteiger partial charge is 0.208 e. The van der Waals surface area contributed by atoms with E-state index in [2.05, 4.69) is 9.71 Å². The molecule has 0 aliphatic heterocycles. The number of benzene rings is 1. The zero-order valence-electron chi connectivity index (χ0n) is 9.96. The van der Waals surface area contributed by atoms with Crippen molar-refractivity contribution in [3.63, 3.8) is 0 Å². The standard InChI is InChI=1S/C12H14N2O3S/c1-18(15,16)14-7-8-17-11-5-4-10-3-2-6-13-12(10)9-11/h2-6,9,14H,7-8H2,1H3. The van der Waals surface area contributed by atoms with Crippen molar-refractivity contribution in [1.82, 2.24) is 9.71 Å². The summed E-state index contributed by atoms with van der Waals surface area (Å²) in [5.41, 5.74) is 0.853. The molecule has 0 radical (unpaired) electrons. The first kappa shape index (κ1) is 12.8. The van der Waals surface area contributed by atoms with Crippen LogP contribution in [0.15, 0.2) is 36.5 Å². The van der Waals surface area contributed by atoms with Crippen molar-refractivity contribution in [1.29, 1.82) is 0 Å². The summed E-state index contributed by atoms with van der Waals surface area (Å²) in [6.07, 6.45) is 2.84. The van der Waals surface area contributed by atoms with Crippen molar-refractivity contribution >= 4 is 20.9 Å². The fourth-order valence-electron chi connectivity index (χ4n) is 1.53. The molecule has 2 rings (SSSR count). The molecule has 5 nitrogen and oxygen atoms in total. The zero-order chi connectivity index (χ0) is 13.0. The molecule has 0 fully saturated rings. The molecule has 0 amide bonds. The lowest BCUT2D eigenvalue weighted by Crippen LogP contribution is -2.26. The van der Waals surface area contributed by atoms with Crippen LogP contribution in [0.3, 0.4) is 0 Å². The SMILES string of the molecule is CS(=O)(=O)NCCOc1ccc2cccnc2c1. The van der Waals surface area contributed by atoms with Gasteiger partial charge in [0.15, 0.2) is 0 Å². The van der Waals surface area contributed by atoms with Gasteiger partial charge in [-0.3, -0.25) is 4.98 Å². The third-order valence-corrected chi connectivity index (χ3v) is 3.04. The normalized spacial score (nSPS) is 11.6. The minimum atomic E-state index is -3.16. The van der Waals surface area contributed by atoms with Gasteiger partial charge in [-0.25, -0.2) is 13.1 Å². The van der Waals surface area contributed by atoms with Gasteiger partial charge < -0.3 is 4.74 Å². The second kappa shape index (κ2) is 5.32. The highest BCUT2D eigenvalue weighted by molar-refractivity contribution is 7.88. The van der Waals surface area contributed by atoms with E-state index in [4.69, 9.17) is 4.74 Å². The van der Waals surface area contributed by atoms with E-state index in [1.807, 2.05) is 30.3 Å². The first-order valence-corrected chi connectivity index (χ1v) is 7.36. The van der Waals surface area contributed by atoms with Crippen LogP contribution in [-0.2, 0) is 10.0 Å². The van der Waals surface area contributed by atoms with E-state index < -0.39 is 10.0 Å². The van der Waals surface area contributed by atoms with Crippen LogP contribution in [0.2, 0.25) is 0 Å². The Bertz CT molecular complexity index is 641. The van der Waals surface area contributed by atoms with Gasteiger partial charge in [-0.1, -0.05) is 6.07 Å². The maximum Gasteiger partial charge on any atom is 0.208 e. The lowest BCUT2D eigenvalue weighted by atomic mass is 10.2. The highest BCUT2D eigenvalue weighted by Gasteiger charge is 2.01. The monoisotopic (exact) mass is 266 g/mol. The van der Waals surface area contributed by atoms with Crippen LogP contribution >= 0.6 is 0 Å². The lowest BCUT2D eigenvalue weighted by Gasteiger charge is -2.07. The molecular formula is C12H14N2O3S. The summed E-state index contributed by atoms with van der Waals surface area (Å²) in [4.78, 5) is 4.22. The van der Waals surface area contributed by atoms with Gasteiger partial charge in [-0.2, -0.15) is 0 Å². The molecule has 1 aromatic carbocycles. The summed E-state index contributed by atoms with van der Waals surface area (Å²) < 4.78 is 29.5.